The van der Waals surface area contributed by atoms with Gasteiger partial charge in [-0.05, 0) is 35.4 Å². The lowest BCUT2D eigenvalue weighted by Crippen LogP contribution is -2.33. The summed E-state index contributed by atoms with van der Waals surface area (Å²) in [6.45, 7) is 0. The van der Waals surface area contributed by atoms with E-state index in [-0.39, 0.29) is 34.8 Å². The molecular formula is C29H27N5O4. The van der Waals surface area contributed by atoms with Crippen LogP contribution in [0.25, 0.3) is 22.7 Å². The molecule has 0 spiro atoms. The van der Waals surface area contributed by atoms with E-state index in [1.54, 1.807) is 32.3 Å². The first kappa shape index (κ1) is 24.8. The molecule has 1 N–H and O–H groups in total. The highest BCUT2D eigenvalue weighted by atomic mass is 16.5. The van der Waals surface area contributed by atoms with Crippen LogP contribution in [0.15, 0.2) is 88.1 Å². The van der Waals surface area contributed by atoms with Gasteiger partial charge in [-0.1, -0.05) is 54.6 Å². The molecule has 0 bridgehead atoms. The summed E-state index contributed by atoms with van der Waals surface area (Å²) < 4.78 is 12.9. The minimum Gasteiger partial charge on any atom is -0.489 e. The van der Waals surface area contributed by atoms with Crippen molar-refractivity contribution in [2.45, 2.75) is 6.04 Å². The van der Waals surface area contributed by atoms with Gasteiger partial charge in [-0.3, -0.25) is 14.2 Å². The second-order valence-corrected chi connectivity index (χ2v) is 8.77. The Morgan fingerprint density at radius 2 is 1.63 bits per heavy atom. The number of rotatable bonds is 7. The number of para-hydroxylation sites is 2. The largest absolute Gasteiger partial charge is 0.489 e. The summed E-state index contributed by atoms with van der Waals surface area (Å²) in [6.07, 6.45) is 0. The second-order valence-electron chi connectivity index (χ2n) is 8.77. The number of ether oxygens (including phenoxy) is 1. The minimum atomic E-state index is -0.372. The monoisotopic (exact) mass is 509 g/mol. The third-order valence-electron chi connectivity index (χ3n) is 6.46. The molecule has 3 aromatic carbocycles. The Hall–Kier alpha value is -4.92. The van der Waals surface area contributed by atoms with Gasteiger partial charge in [0.2, 0.25) is 11.7 Å². The first-order valence-electron chi connectivity index (χ1n) is 12.0. The Bertz CT molecular complexity index is 1630. The van der Waals surface area contributed by atoms with E-state index in [4.69, 9.17) is 14.1 Å². The molecule has 0 radical (unpaired) electrons. The molecule has 0 saturated heterocycles. The van der Waals surface area contributed by atoms with Crippen LogP contribution >= 0.6 is 0 Å². The molecule has 1 unspecified atom stereocenters. The van der Waals surface area contributed by atoms with E-state index >= 15 is 0 Å². The lowest BCUT2D eigenvalue weighted by atomic mass is 9.96. The van der Waals surface area contributed by atoms with Gasteiger partial charge < -0.3 is 19.4 Å². The zero-order valence-electron chi connectivity index (χ0n) is 21.5. The molecule has 9 heteroatoms. The highest BCUT2D eigenvalue weighted by molar-refractivity contribution is 5.94. The fraction of sp³-hybridized carbons (Fsp3) is 0.172. The van der Waals surface area contributed by atoms with Crippen molar-refractivity contribution >= 4 is 23.0 Å². The van der Waals surface area contributed by atoms with Crippen LogP contribution in [0.2, 0.25) is 0 Å². The van der Waals surface area contributed by atoms with Gasteiger partial charge in [0.15, 0.2) is 11.3 Å². The number of carbonyl (C=O) groups is 1. The maximum atomic E-state index is 13.4. The smallest absolute Gasteiger partial charge is 0.297 e. The Labute approximate surface area is 219 Å². The predicted octanol–water partition coefficient (Wildman–Crippen LogP) is 4.18. The summed E-state index contributed by atoms with van der Waals surface area (Å²) in [7, 11) is 6.54. The fourth-order valence-electron chi connectivity index (χ4n) is 4.54. The topological polar surface area (TPSA) is 102 Å². The van der Waals surface area contributed by atoms with Gasteiger partial charge in [0.05, 0.1) is 13.2 Å². The zero-order chi connectivity index (χ0) is 26.8. The Morgan fingerprint density at radius 3 is 2.29 bits per heavy atom. The van der Waals surface area contributed by atoms with Crippen LogP contribution in [-0.4, -0.2) is 41.6 Å². The summed E-state index contributed by atoms with van der Waals surface area (Å²) in [4.78, 5) is 36.8. The summed E-state index contributed by atoms with van der Waals surface area (Å²) in [5.41, 5.74) is 3.54. The van der Waals surface area contributed by atoms with E-state index in [0.717, 1.165) is 11.1 Å². The second kappa shape index (κ2) is 10.2. The molecule has 0 aliphatic carbocycles. The molecule has 9 nitrogen and oxygen atoms in total. The molecule has 0 fully saturated rings. The van der Waals surface area contributed by atoms with Crippen LogP contribution in [0.1, 0.15) is 27.5 Å². The van der Waals surface area contributed by atoms with Crippen molar-refractivity contribution in [3.05, 3.63) is 106 Å². The molecule has 38 heavy (non-hydrogen) atoms. The lowest BCUT2D eigenvalue weighted by Gasteiger charge is -2.31. The summed E-state index contributed by atoms with van der Waals surface area (Å²) in [6, 6.07) is 24.3. The van der Waals surface area contributed by atoms with E-state index in [1.165, 1.54) is 11.7 Å². The number of aromatic nitrogens is 3. The van der Waals surface area contributed by atoms with Crippen molar-refractivity contribution in [3.63, 3.8) is 0 Å². The van der Waals surface area contributed by atoms with Crippen molar-refractivity contribution in [2.75, 3.05) is 26.1 Å². The van der Waals surface area contributed by atoms with Crippen molar-refractivity contribution < 1.29 is 13.9 Å². The molecular weight excluding hydrogens is 482 g/mol. The molecule has 192 valence electrons. The number of nitrogens with zero attached hydrogens (tertiary/aromatic N) is 4. The van der Waals surface area contributed by atoms with Crippen molar-refractivity contribution in [2.24, 2.45) is 7.05 Å². The van der Waals surface area contributed by atoms with Crippen LogP contribution in [0.4, 0.5) is 5.95 Å². The van der Waals surface area contributed by atoms with E-state index < -0.39 is 0 Å². The van der Waals surface area contributed by atoms with Gasteiger partial charge in [-0.15, -0.1) is 0 Å². The third-order valence-corrected chi connectivity index (χ3v) is 6.46. The maximum absolute atomic E-state index is 13.4. The minimum absolute atomic E-state index is 0.0439. The van der Waals surface area contributed by atoms with Crippen LogP contribution < -0.4 is 20.5 Å². The van der Waals surface area contributed by atoms with E-state index in [0.29, 0.717) is 22.6 Å². The molecule has 5 aromatic rings. The number of carbonyl (C=O) groups excluding carboxylic acids is 1. The quantitative estimate of drug-likeness (QED) is 0.351. The number of amides is 1. The van der Waals surface area contributed by atoms with Crippen molar-refractivity contribution in [3.8, 4) is 17.3 Å². The van der Waals surface area contributed by atoms with Crippen molar-refractivity contribution in [1.82, 2.24) is 19.9 Å². The number of hydrogen-bond acceptors (Lipinski definition) is 7. The van der Waals surface area contributed by atoms with Crippen LogP contribution in [-0.2, 0) is 7.05 Å². The number of methoxy groups -OCH3 is 1. The van der Waals surface area contributed by atoms with Gasteiger partial charge >= 0.3 is 0 Å². The first-order chi connectivity index (χ1) is 18.4. The van der Waals surface area contributed by atoms with E-state index in [1.807, 2.05) is 72.6 Å². The van der Waals surface area contributed by atoms with Gasteiger partial charge in [0.1, 0.15) is 5.52 Å². The highest BCUT2D eigenvalue weighted by Crippen LogP contribution is 2.34. The average Bonchev–Trinajstić information content (AvgIpc) is 3.39. The number of nitrogens with one attached hydrogen (secondary N) is 1. The molecule has 0 aliphatic rings. The Morgan fingerprint density at radius 1 is 0.974 bits per heavy atom. The van der Waals surface area contributed by atoms with Gasteiger partial charge in [0, 0.05) is 26.7 Å². The molecule has 1 atom stereocenters. The summed E-state index contributed by atoms with van der Waals surface area (Å²) >= 11 is 0. The fourth-order valence-corrected chi connectivity index (χ4v) is 4.54. The van der Waals surface area contributed by atoms with Crippen LogP contribution in [0.5, 0.6) is 5.75 Å². The maximum Gasteiger partial charge on any atom is 0.297 e. The van der Waals surface area contributed by atoms with Crippen LogP contribution in [0.3, 0.4) is 0 Å². The average molecular weight is 510 g/mol. The number of benzene rings is 3. The summed E-state index contributed by atoms with van der Waals surface area (Å²) in [5, 5.41) is 2.64. The third kappa shape index (κ3) is 4.39. The van der Waals surface area contributed by atoms with Crippen molar-refractivity contribution in [1.29, 1.82) is 0 Å². The SMILES string of the molecule is CNC(=O)c1ccc(C(c2ccccc2)N(C)c2nc(-c3nc4ccccc4o3)c(OC)c(=O)n2C)cc1. The molecule has 1 amide bonds. The normalized spacial score (nSPS) is 11.8. The predicted molar refractivity (Wildman–Crippen MR) is 146 cm³/mol. The number of anilines is 1. The molecule has 0 saturated carbocycles. The van der Waals surface area contributed by atoms with Gasteiger partial charge in [-0.25, -0.2) is 9.97 Å². The Kier molecular flexibility index (Phi) is 6.66. The Balaban J connectivity index is 1.66. The number of fused-ring (bicyclic) bond motifs is 1. The first-order valence-corrected chi connectivity index (χ1v) is 12.0. The summed E-state index contributed by atoms with van der Waals surface area (Å²) in [5.74, 6) is 0.463. The van der Waals surface area contributed by atoms with Gasteiger partial charge in [0.25, 0.3) is 17.4 Å². The number of hydrogen-bond donors (Lipinski definition) is 1. The molecule has 0 aliphatic heterocycles. The van der Waals surface area contributed by atoms with Gasteiger partial charge in [-0.2, -0.15) is 0 Å². The number of oxazole rings is 1. The molecule has 2 aromatic heterocycles. The standard InChI is InChI=1S/C29H27N5O4/c1-30-26(35)20-16-14-19(15-17-20)24(18-10-6-5-7-11-18)33(2)29-32-23(25(37-4)28(36)34(29)3)27-31-21-12-8-9-13-22(21)38-27/h5-17,24H,1-4H3,(H,30,35). The molecule has 5 rings (SSSR count). The lowest BCUT2D eigenvalue weighted by molar-refractivity contribution is 0.0963. The van der Waals surface area contributed by atoms with E-state index in [2.05, 4.69) is 10.3 Å². The highest BCUT2D eigenvalue weighted by Gasteiger charge is 2.27. The molecule has 2 heterocycles. The van der Waals surface area contributed by atoms with E-state index in [9.17, 15) is 9.59 Å². The zero-order valence-corrected chi connectivity index (χ0v) is 21.5. The van der Waals surface area contributed by atoms with Crippen LogP contribution in [0, 0.1) is 0 Å².